The number of aliphatic imine (C=N–C) groups is 1. The van der Waals surface area contributed by atoms with Crippen LogP contribution in [0.3, 0.4) is 0 Å². The molecule has 0 fully saturated rings. The van der Waals surface area contributed by atoms with Gasteiger partial charge in [0.15, 0.2) is 0 Å². The first-order valence-corrected chi connectivity index (χ1v) is 3.99. The van der Waals surface area contributed by atoms with Gasteiger partial charge in [0, 0.05) is 23.0 Å². The molecule has 0 saturated heterocycles. The van der Waals surface area contributed by atoms with Crippen molar-refractivity contribution in [1.29, 1.82) is 0 Å². The summed E-state index contributed by atoms with van der Waals surface area (Å²) < 4.78 is 0. The molecule has 0 aliphatic carbocycles. The predicted octanol–water partition coefficient (Wildman–Crippen LogP) is 1.66. The molecule has 0 radical (unpaired) electrons. The largest absolute Gasteiger partial charge is 0.285 e. The highest BCUT2D eigenvalue weighted by molar-refractivity contribution is 6.25. The Morgan fingerprint density at radius 1 is 1.42 bits per heavy atom. The van der Waals surface area contributed by atoms with Crippen LogP contribution in [0.15, 0.2) is 23.0 Å². The van der Waals surface area contributed by atoms with Crippen LogP contribution in [0.25, 0.3) is 5.57 Å². The lowest BCUT2D eigenvalue weighted by Crippen LogP contribution is -1.92. The van der Waals surface area contributed by atoms with Gasteiger partial charge in [-0.1, -0.05) is 0 Å². The van der Waals surface area contributed by atoms with Crippen LogP contribution in [0.5, 0.6) is 0 Å². The Bertz CT molecular complexity index is 344. The summed E-state index contributed by atoms with van der Waals surface area (Å²) in [5.41, 5.74) is 4.85. The zero-order valence-corrected chi connectivity index (χ0v) is 7.26. The maximum absolute atomic E-state index is 4.36. The van der Waals surface area contributed by atoms with E-state index in [2.05, 4.69) is 22.1 Å². The number of H-pyrrole nitrogens is 1. The van der Waals surface area contributed by atoms with E-state index in [9.17, 15) is 0 Å². The van der Waals surface area contributed by atoms with E-state index >= 15 is 0 Å². The van der Waals surface area contributed by atoms with Gasteiger partial charge in [0.1, 0.15) is 0 Å². The summed E-state index contributed by atoms with van der Waals surface area (Å²) in [6.45, 7) is 4.99. The Balaban J connectivity index is 2.47. The van der Waals surface area contributed by atoms with E-state index in [1.165, 1.54) is 11.1 Å². The molecule has 0 amide bonds. The third kappa shape index (κ3) is 0.978. The molecule has 0 atom stereocenters. The Labute approximate surface area is 71.2 Å². The summed E-state index contributed by atoms with van der Waals surface area (Å²) in [6, 6.07) is 0. The Morgan fingerprint density at radius 2 is 2.25 bits per heavy atom. The highest BCUT2D eigenvalue weighted by atomic mass is 15.1. The normalized spacial score (nSPS) is 17.0. The predicted molar refractivity (Wildman–Crippen MR) is 49.2 cm³/mol. The summed E-state index contributed by atoms with van der Waals surface area (Å²) in [5, 5.41) is 6.73. The fraction of sp³-hybridized carbons (Fsp3) is 0.333. The Morgan fingerprint density at radius 3 is 2.75 bits per heavy atom. The highest BCUT2D eigenvalue weighted by Gasteiger charge is 2.14. The van der Waals surface area contributed by atoms with Gasteiger partial charge in [-0.3, -0.25) is 10.1 Å². The van der Waals surface area contributed by atoms with Crippen molar-refractivity contribution >= 4 is 11.3 Å². The molecule has 1 aliphatic rings. The number of rotatable bonds is 1. The van der Waals surface area contributed by atoms with Crippen LogP contribution < -0.4 is 0 Å². The lowest BCUT2D eigenvalue weighted by molar-refractivity contribution is 1.09. The lowest BCUT2D eigenvalue weighted by Gasteiger charge is -1.99. The van der Waals surface area contributed by atoms with Crippen LogP contribution in [0.4, 0.5) is 0 Å². The van der Waals surface area contributed by atoms with Gasteiger partial charge < -0.3 is 0 Å². The number of hydrogen-bond donors (Lipinski definition) is 1. The minimum Gasteiger partial charge on any atom is -0.285 e. The molecule has 2 heterocycles. The van der Waals surface area contributed by atoms with Crippen molar-refractivity contribution in [3.05, 3.63) is 23.5 Å². The topological polar surface area (TPSA) is 41.0 Å². The summed E-state index contributed by atoms with van der Waals surface area (Å²) >= 11 is 0. The van der Waals surface area contributed by atoms with Gasteiger partial charge in [-0.25, -0.2) is 0 Å². The first kappa shape index (κ1) is 7.28. The van der Waals surface area contributed by atoms with Crippen molar-refractivity contribution in [2.75, 3.05) is 6.54 Å². The van der Waals surface area contributed by atoms with Crippen LogP contribution in [-0.4, -0.2) is 22.5 Å². The Hall–Kier alpha value is -1.38. The number of hydrogen-bond acceptors (Lipinski definition) is 2. The van der Waals surface area contributed by atoms with Gasteiger partial charge in [0.2, 0.25) is 0 Å². The number of allylic oxidation sites excluding steroid dienone is 1. The first-order chi connectivity index (χ1) is 5.79. The monoisotopic (exact) mass is 161 g/mol. The maximum atomic E-state index is 4.36. The van der Waals surface area contributed by atoms with Crippen LogP contribution >= 0.6 is 0 Å². The molecule has 62 valence electrons. The van der Waals surface area contributed by atoms with Gasteiger partial charge in [0.25, 0.3) is 0 Å². The summed E-state index contributed by atoms with van der Waals surface area (Å²) in [7, 11) is 0. The number of aromatic amines is 1. The second-order valence-electron chi connectivity index (χ2n) is 3.04. The average molecular weight is 161 g/mol. The van der Waals surface area contributed by atoms with Gasteiger partial charge in [-0.05, 0) is 19.4 Å². The summed E-state index contributed by atoms with van der Waals surface area (Å²) in [5.74, 6) is 0. The average Bonchev–Trinajstić information content (AvgIpc) is 2.61. The van der Waals surface area contributed by atoms with Crippen LogP contribution in [0, 0.1) is 0 Å². The van der Waals surface area contributed by atoms with E-state index in [1.807, 2.05) is 19.3 Å². The number of nitrogens with zero attached hydrogens (tertiary/aromatic N) is 2. The van der Waals surface area contributed by atoms with Gasteiger partial charge in [-0.2, -0.15) is 5.10 Å². The molecular weight excluding hydrogens is 150 g/mol. The molecule has 2 rings (SSSR count). The molecule has 0 saturated carbocycles. The molecule has 0 spiro atoms. The molecule has 1 aromatic rings. The van der Waals surface area contributed by atoms with Gasteiger partial charge >= 0.3 is 0 Å². The van der Waals surface area contributed by atoms with Crippen molar-refractivity contribution in [2.45, 2.75) is 13.8 Å². The van der Waals surface area contributed by atoms with Crippen molar-refractivity contribution in [1.82, 2.24) is 10.2 Å². The van der Waals surface area contributed by atoms with Crippen LogP contribution in [-0.2, 0) is 0 Å². The SMILES string of the molecule is CC1=NCC(C)=C1c1cn[nH]c1. The van der Waals surface area contributed by atoms with Crippen molar-refractivity contribution in [2.24, 2.45) is 4.99 Å². The van der Waals surface area contributed by atoms with Crippen molar-refractivity contribution in [3.63, 3.8) is 0 Å². The fourth-order valence-corrected chi connectivity index (χ4v) is 1.55. The molecule has 3 nitrogen and oxygen atoms in total. The van der Waals surface area contributed by atoms with E-state index in [0.29, 0.717) is 0 Å². The lowest BCUT2D eigenvalue weighted by atomic mass is 10.0. The zero-order valence-electron chi connectivity index (χ0n) is 7.26. The van der Waals surface area contributed by atoms with E-state index in [-0.39, 0.29) is 0 Å². The maximum Gasteiger partial charge on any atom is 0.0610 e. The van der Waals surface area contributed by atoms with E-state index < -0.39 is 0 Å². The molecule has 0 bridgehead atoms. The van der Waals surface area contributed by atoms with Crippen LogP contribution in [0.1, 0.15) is 19.4 Å². The second kappa shape index (κ2) is 2.59. The van der Waals surface area contributed by atoms with Gasteiger partial charge in [-0.15, -0.1) is 0 Å². The Kier molecular flexibility index (Phi) is 1.57. The minimum atomic E-state index is 0.840. The van der Waals surface area contributed by atoms with Crippen LogP contribution in [0.2, 0.25) is 0 Å². The minimum absolute atomic E-state index is 0.840. The third-order valence-corrected chi connectivity index (χ3v) is 2.13. The quantitative estimate of drug-likeness (QED) is 0.668. The molecule has 12 heavy (non-hydrogen) atoms. The zero-order chi connectivity index (χ0) is 8.55. The smallest absolute Gasteiger partial charge is 0.0610 e. The molecule has 0 unspecified atom stereocenters. The molecule has 0 aromatic carbocycles. The molecule has 1 aliphatic heterocycles. The summed E-state index contributed by atoms with van der Waals surface area (Å²) in [6.07, 6.45) is 3.74. The number of nitrogens with one attached hydrogen (secondary N) is 1. The molecule has 1 N–H and O–H groups in total. The second-order valence-corrected chi connectivity index (χ2v) is 3.04. The standard InChI is InChI=1S/C9H11N3/c1-6-3-10-7(2)9(6)8-4-11-12-5-8/h4-5H,3H2,1-2H3,(H,11,12). The highest BCUT2D eigenvalue weighted by Crippen LogP contribution is 2.24. The van der Waals surface area contributed by atoms with E-state index in [4.69, 9.17) is 0 Å². The fourth-order valence-electron chi connectivity index (χ4n) is 1.55. The third-order valence-electron chi connectivity index (χ3n) is 2.13. The molecule has 1 aromatic heterocycles. The van der Waals surface area contributed by atoms with E-state index in [1.54, 1.807) is 0 Å². The number of aromatic nitrogens is 2. The van der Waals surface area contributed by atoms with Crippen molar-refractivity contribution in [3.8, 4) is 0 Å². The van der Waals surface area contributed by atoms with Crippen molar-refractivity contribution < 1.29 is 0 Å². The van der Waals surface area contributed by atoms with E-state index in [0.717, 1.165) is 17.8 Å². The molecular formula is C9H11N3. The van der Waals surface area contributed by atoms with Gasteiger partial charge in [0.05, 0.1) is 12.7 Å². The first-order valence-electron chi connectivity index (χ1n) is 3.99. The summed E-state index contributed by atoms with van der Waals surface area (Å²) in [4.78, 5) is 4.36. The molecule has 3 heteroatoms.